The van der Waals surface area contributed by atoms with Gasteiger partial charge in [-0.3, -0.25) is 9.59 Å². The van der Waals surface area contributed by atoms with Gasteiger partial charge in [-0.2, -0.15) is 0 Å². The first kappa shape index (κ1) is 12.3. The summed E-state index contributed by atoms with van der Waals surface area (Å²) in [5, 5.41) is 5.13. The molecule has 0 saturated carbocycles. The number of nitrogens with zero attached hydrogens (tertiary/aromatic N) is 1. The fraction of sp³-hybridized carbons (Fsp3) is 0.455. The second-order valence-electron chi connectivity index (χ2n) is 3.67. The van der Waals surface area contributed by atoms with Gasteiger partial charge < -0.3 is 15.2 Å². The van der Waals surface area contributed by atoms with Gasteiger partial charge in [-0.25, -0.2) is 0 Å². The van der Waals surface area contributed by atoms with Crippen LogP contribution in [0.2, 0.25) is 0 Å². The molecule has 0 radical (unpaired) electrons. The third-order valence-corrected chi connectivity index (χ3v) is 2.56. The van der Waals surface area contributed by atoms with Crippen LogP contribution in [0.3, 0.4) is 0 Å². The molecule has 16 heavy (non-hydrogen) atoms. The number of hydrogen-bond donors (Lipinski definition) is 2. The predicted octanol–water partition coefficient (Wildman–Crippen LogP) is -0.0184. The molecule has 2 N–H and O–H groups in total. The normalized spacial score (nSPS) is 10.0. The quantitative estimate of drug-likeness (QED) is 0.756. The predicted molar refractivity (Wildman–Crippen MR) is 61.3 cm³/mol. The zero-order valence-corrected chi connectivity index (χ0v) is 10.0. The van der Waals surface area contributed by atoms with Gasteiger partial charge in [0.05, 0.1) is 12.0 Å². The van der Waals surface area contributed by atoms with E-state index in [0.29, 0.717) is 5.56 Å². The fourth-order valence-corrected chi connectivity index (χ4v) is 1.73. The van der Waals surface area contributed by atoms with Crippen molar-refractivity contribution >= 4 is 11.8 Å². The van der Waals surface area contributed by atoms with Gasteiger partial charge in [-0.15, -0.1) is 0 Å². The maximum Gasteiger partial charge on any atom is 0.253 e. The average molecular weight is 223 g/mol. The molecular formula is C11H17N3O2. The van der Waals surface area contributed by atoms with E-state index < -0.39 is 0 Å². The Balaban J connectivity index is 3.15. The second-order valence-corrected chi connectivity index (χ2v) is 3.67. The van der Waals surface area contributed by atoms with Crippen LogP contribution in [0.1, 0.15) is 21.6 Å². The molecule has 1 rings (SSSR count). The number of carbonyl (C=O) groups is 2. The fourth-order valence-electron chi connectivity index (χ4n) is 1.73. The topological polar surface area (TPSA) is 63.1 Å². The second kappa shape index (κ2) is 4.83. The monoisotopic (exact) mass is 223 g/mol. The number of likely N-dealkylation sites (N-methyl/N-ethyl adjacent to an activating group) is 1. The molecule has 88 valence electrons. The van der Waals surface area contributed by atoms with E-state index in [4.69, 9.17) is 0 Å². The lowest BCUT2D eigenvalue weighted by Gasteiger charge is -2.06. The molecule has 0 aliphatic rings. The van der Waals surface area contributed by atoms with E-state index in [1.165, 1.54) is 0 Å². The van der Waals surface area contributed by atoms with Crippen molar-refractivity contribution in [2.45, 2.75) is 13.3 Å². The Kier molecular flexibility index (Phi) is 3.71. The van der Waals surface area contributed by atoms with E-state index in [9.17, 15) is 9.59 Å². The first-order valence-corrected chi connectivity index (χ1v) is 5.08. The van der Waals surface area contributed by atoms with Crippen molar-refractivity contribution in [3.63, 3.8) is 0 Å². The number of aromatic nitrogens is 1. The van der Waals surface area contributed by atoms with Crippen LogP contribution in [0.25, 0.3) is 0 Å². The summed E-state index contributed by atoms with van der Waals surface area (Å²) in [6, 6.07) is 0. The lowest BCUT2D eigenvalue weighted by Crippen LogP contribution is -2.25. The Morgan fingerprint density at radius 1 is 1.31 bits per heavy atom. The van der Waals surface area contributed by atoms with Crippen molar-refractivity contribution in [1.82, 2.24) is 15.2 Å². The van der Waals surface area contributed by atoms with Crippen LogP contribution in [0.5, 0.6) is 0 Å². The van der Waals surface area contributed by atoms with Crippen LogP contribution < -0.4 is 10.6 Å². The number of hydrogen-bond acceptors (Lipinski definition) is 2. The summed E-state index contributed by atoms with van der Waals surface area (Å²) in [4.78, 5) is 23.0. The average Bonchev–Trinajstić information content (AvgIpc) is 2.53. The smallest absolute Gasteiger partial charge is 0.253 e. The summed E-state index contributed by atoms with van der Waals surface area (Å²) in [6.07, 6.45) is 2.06. The number of nitrogens with one attached hydrogen (secondary N) is 2. The molecule has 0 aliphatic carbocycles. The zero-order valence-electron chi connectivity index (χ0n) is 10.0. The molecule has 0 aromatic carbocycles. The molecule has 1 heterocycles. The first-order chi connectivity index (χ1) is 7.51. The summed E-state index contributed by atoms with van der Waals surface area (Å²) in [5.41, 5.74) is 2.20. The molecular weight excluding hydrogens is 206 g/mol. The molecule has 2 amide bonds. The van der Waals surface area contributed by atoms with Crippen molar-refractivity contribution < 1.29 is 9.59 Å². The molecule has 0 spiro atoms. The Morgan fingerprint density at radius 3 is 2.44 bits per heavy atom. The SMILES string of the molecule is CNC(=O)Cc1c(C(=O)NC)c(C)cn1C. The van der Waals surface area contributed by atoms with Crippen LogP contribution in [-0.2, 0) is 18.3 Å². The number of rotatable bonds is 3. The lowest BCUT2D eigenvalue weighted by atomic mass is 10.1. The van der Waals surface area contributed by atoms with Gasteiger partial charge in [0.25, 0.3) is 5.91 Å². The van der Waals surface area contributed by atoms with E-state index >= 15 is 0 Å². The van der Waals surface area contributed by atoms with E-state index in [1.807, 2.05) is 24.7 Å². The largest absolute Gasteiger partial charge is 0.359 e. The Morgan fingerprint density at radius 2 is 1.94 bits per heavy atom. The maximum absolute atomic E-state index is 11.7. The van der Waals surface area contributed by atoms with Gasteiger partial charge in [0, 0.05) is 33.0 Å². The molecule has 5 heteroatoms. The highest BCUT2D eigenvalue weighted by Gasteiger charge is 2.19. The molecule has 0 saturated heterocycles. The van der Waals surface area contributed by atoms with Crippen molar-refractivity contribution in [3.8, 4) is 0 Å². The lowest BCUT2D eigenvalue weighted by molar-refractivity contribution is -0.120. The van der Waals surface area contributed by atoms with E-state index in [2.05, 4.69) is 10.6 Å². The van der Waals surface area contributed by atoms with Gasteiger partial charge in [0.2, 0.25) is 5.91 Å². The highest BCUT2D eigenvalue weighted by atomic mass is 16.2. The van der Waals surface area contributed by atoms with Crippen LogP contribution in [0, 0.1) is 6.92 Å². The van der Waals surface area contributed by atoms with Crippen molar-refractivity contribution in [2.24, 2.45) is 7.05 Å². The molecule has 0 unspecified atom stereocenters. The highest BCUT2D eigenvalue weighted by Crippen LogP contribution is 2.16. The Bertz CT molecular complexity index is 421. The number of carbonyl (C=O) groups excluding carboxylic acids is 2. The molecule has 0 bridgehead atoms. The minimum Gasteiger partial charge on any atom is -0.359 e. The summed E-state index contributed by atoms with van der Waals surface area (Å²) in [5.74, 6) is -0.261. The Labute approximate surface area is 94.8 Å². The zero-order chi connectivity index (χ0) is 12.3. The van der Waals surface area contributed by atoms with Gasteiger partial charge in [0.1, 0.15) is 0 Å². The first-order valence-electron chi connectivity index (χ1n) is 5.08. The summed E-state index contributed by atoms with van der Waals surface area (Å²) >= 11 is 0. The van der Waals surface area contributed by atoms with Crippen LogP contribution >= 0.6 is 0 Å². The van der Waals surface area contributed by atoms with Crippen LogP contribution in [0.15, 0.2) is 6.20 Å². The van der Waals surface area contributed by atoms with E-state index in [0.717, 1.165) is 11.3 Å². The highest BCUT2D eigenvalue weighted by molar-refractivity contribution is 5.98. The standard InChI is InChI=1S/C11H17N3O2/c1-7-6-14(4)8(5-9(15)12-2)10(7)11(16)13-3/h6H,5H2,1-4H3,(H,12,15)(H,13,16). The van der Waals surface area contributed by atoms with Crippen molar-refractivity contribution in [2.75, 3.05) is 14.1 Å². The van der Waals surface area contributed by atoms with Gasteiger partial charge in [-0.05, 0) is 12.5 Å². The summed E-state index contributed by atoms with van der Waals surface area (Å²) in [6.45, 7) is 1.86. The number of aryl methyl sites for hydroxylation is 2. The summed E-state index contributed by atoms with van der Waals surface area (Å²) < 4.78 is 1.81. The molecule has 0 aliphatic heterocycles. The molecule has 0 fully saturated rings. The minimum atomic E-state index is -0.156. The molecule has 1 aromatic heterocycles. The molecule has 0 atom stereocenters. The van der Waals surface area contributed by atoms with Crippen molar-refractivity contribution in [1.29, 1.82) is 0 Å². The Hall–Kier alpha value is -1.78. The van der Waals surface area contributed by atoms with Crippen LogP contribution in [-0.4, -0.2) is 30.5 Å². The molecule has 5 nitrogen and oxygen atoms in total. The number of amides is 2. The van der Waals surface area contributed by atoms with Gasteiger partial charge in [-0.1, -0.05) is 0 Å². The van der Waals surface area contributed by atoms with E-state index in [-0.39, 0.29) is 18.2 Å². The summed E-state index contributed by atoms with van der Waals surface area (Å²) in [7, 11) is 4.99. The van der Waals surface area contributed by atoms with E-state index in [1.54, 1.807) is 14.1 Å². The maximum atomic E-state index is 11.7. The van der Waals surface area contributed by atoms with Crippen LogP contribution in [0.4, 0.5) is 0 Å². The van der Waals surface area contributed by atoms with Crippen molar-refractivity contribution in [3.05, 3.63) is 23.0 Å². The van der Waals surface area contributed by atoms with Gasteiger partial charge >= 0.3 is 0 Å². The third kappa shape index (κ3) is 2.24. The van der Waals surface area contributed by atoms with Gasteiger partial charge in [0.15, 0.2) is 0 Å². The third-order valence-electron chi connectivity index (χ3n) is 2.56. The molecule has 1 aromatic rings. The minimum absolute atomic E-state index is 0.105.